The van der Waals surface area contributed by atoms with Crippen LogP contribution in [0.5, 0.6) is 0 Å². The third-order valence-corrected chi connectivity index (χ3v) is 1.95. The fraction of sp³-hybridized carbons (Fsp3) is 0.571. The molecule has 0 saturated heterocycles. The molecule has 0 aromatic heterocycles. The second kappa shape index (κ2) is 9.47. The van der Waals surface area contributed by atoms with E-state index in [0.29, 0.717) is 0 Å². The Kier molecular flexibility index (Phi) is 10.5. The molecule has 17 heavy (non-hydrogen) atoms. The lowest BCUT2D eigenvalue weighted by atomic mass is 10.2. The predicted molar refractivity (Wildman–Crippen MR) is 63.8 cm³/mol. The van der Waals surface area contributed by atoms with E-state index in [9.17, 15) is 14.4 Å². The number of hydrazine groups is 1. The quantitative estimate of drug-likeness (QED) is 0.163. The number of nitrogens with one attached hydrogen (secondary N) is 2. The normalized spacial score (nSPS) is 13.2. The van der Waals surface area contributed by atoms with Crippen LogP contribution in [0.2, 0.25) is 0 Å². The molecule has 0 aromatic rings. The van der Waals surface area contributed by atoms with Crippen LogP contribution in [0.1, 0.15) is 6.42 Å². The van der Waals surface area contributed by atoms with Gasteiger partial charge in [-0.3, -0.25) is 14.4 Å². The van der Waals surface area contributed by atoms with Gasteiger partial charge in [0.15, 0.2) is 0 Å². The monoisotopic (exact) mass is 278 g/mol. The molecular weight excluding hydrogens is 264 g/mol. The van der Waals surface area contributed by atoms with E-state index in [-0.39, 0.29) is 28.8 Å². The number of aliphatic carboxylic acids is 3. The number of hydrogen-bond acceptors (Lipinski definition) is 6. The second-order valence-electron chi connectivity index (χ2n) is 2.85. The molecule has 0 unspecified atom stereocenters. The first-order valence-corrected chi connectivity index (χ1v) is 4.81. The third-order valence-electron chi connectivity index (χ3n) is 1.59. The van der Waals surface area contributed by atoms with E-state index in [2.05, 4.69) is 23.5 Å². The molecule has 2 atom stereocenters. The van der Waals surface area contributed by atoms with E-state index in [0.717, 1.165) is 0 Å². The Hall–Kier alpha value is -0.554. The summed E-state index contributed by atoms with van der Waals surface area (Å²) in [5.41, 5.74) is 4.31. The molecule has 0 spiro atoms. The van der Waals surface area contributed by atoms with Gasteiger partial charge in [0.2, 0.25) is 0 Å². The van der Waals surface area contributed by atoms with E-state index in [1.165, 1.54) is 0 Å². The molecule has 0 heterocycles. The Morgan fingerprint density at radius 1 is 1.00 bits per heavy atom. The number of carbonyl (C=O) groups is 3. The minimum Gasteiger partial charge on any atom is -0.481 e. The van der Waals surface area contributed by atoms with Gasteiger partial charge >= 0.3 is 41.0 Å². The van der Waals surface area contributed by atoms with Gasteiger partial charge < -0.3 is 15.3 Å². The molecule has 0 aliphatic rings. The molecule has 0 aliphatic heterocycles. The van der Waals surface area contributed by atoms with Gasteiger partial charge in [-0.2, -0.15) is 12.6 Å². The van der Waals surface area contributed by atoms with Gasteiger partial charge in [0.25, 0.3) is 0 Å². The molecule has 0 saturated carbocycles. The molecule has 96 valence electrons. The van der Waals surface area contributed by atoms with Crippen LogP contribution in [-0.4, -0.2) is 74.1 Å². The van der Waals surface area contributed by atoms with Gasteiger partial charge in [0, 0.05) is 5.75 Å². The SMILES string of the molecule is O=C(O)C[C@H](NN[C@@H](CS)C(=O)O)C(=O)O.[MgH2]. The zero-order chi connectivity index (χ0) is 12.7. The average Bonchev–Trinajstić information content (AvgIpc) is 2.15. The first-order valence-electron chi connectivity index (χ1n) is 4.17. The number of hydrogen-bond donors (Lipinski definition) is 6. The van der Waals surface area contributed by atoms with Crippen molar-refractivity contribution in [3.63, 3.8) is 0 Å². The Morgan fingerprint density at radius 3 is 1.71 bits per heavy atom. The molecule has 0 amide bonds. The number of carboxylic acids is 3. The number of thiol groups is 1. The van der Waals surface area contributed by atoms with Crippen molar-refractivity contribution >= 4 is 53.6 Å². The first-order chi connectivity index (χ1) is 7.38. The van der Waals surface area contributed by atoms with Crippen LogP contribution in [0.15, 0.2) is 0 Å². The van der Waals surface area contributed by atoms with Gasteiger partial charge in [-0.1, -0.05) is 0 Å². The van der Waals surface area contributed by atoms with Crippen molar-refractivity contribution in [2.24, 2.45) is 0 Å². The third kappa shape index (κ3) is 8.21. The maximum absolute atomic E-state index is 10.6. The molecule has 0 aliphatic carbocycles. The van der Waals surface area contributed by atoms with Crippen LogP contribution < -0.4 is 10.9 Å². The summed E-state index contributed by atoms with van der Waals surface area (Å²) in [7, 11) is 0. The lowest BCUT2D eigenvalue weighted by Gasteiger charge is -2.17. The van der Waals surface area contributed by atoms with Crippen molar-refractivity contribution in [1.29, 1.82) is 0 Å². The lowest BCUT2D eigenvalue weighted by Crippen LogP contribution is -2.53. The van der Waals surface area contributed by atoms with Crippen molar-refractivity contribution in [3.05, 3.63) is 0 Å². The molecule has 5 N–H and O–H groups in total. The zero-order valence-corrected chi connectivity index (χ0v) is 8.98. The van der Waals surface area contributed by atoms with Crippen molar-refractivity contribution < 1.29 is 29.7 Å². The summed E-state index contributed by atoms with van der Waals surface area (Å²) < 4.78 is 0. The summed E-state index contributed by atoms with van der Waals surface area (Å²) in [6.45, 7) is 0. The molecular formula is C7H14MgN2O6S. The summed E-state index contributed by atoms with van der Waals surface area (Å²) in [4.78, 5) is 31.4. The standard InChI is InChI=1S/C7H12N2O6S.Mg.2H/c10-5(11)1-3(6(12)13)8-9-4(2-16)7(14)15;;;/h3-4,8-9,16H,1-2H2,(H,10,11)(H,12,13)(H,14,15);;;/t3-,4-;;;/m0.../s1. The van der Waals surface area contributed by atoms with Gasteiger partial charge in [0.1, 0.15) is 12.1 Å². The highest BCUT2D eigenvalue weighted by Crippen LogP contribution is 1.93. The fourth-order valence-corrected chi connectivity index (χ4v) is 1.01. The van der Waals surface area contributed by atoms with Crippen LogP contribution in [0.25, 0.3) is 0 Å². The van der Waals surface area contributed by atoms with Crippen LogP contribution in [0.3, 0.4) is 0 Å². The Balaban J connectivity index is 0. The summed E-state index contributed by atoms with van der Waals surface area (Å²) in [5, 5.41) is 25.6. The maximum Gasteiger partial charge on any atom is 0.322 e. The van der Waals surface area contributed by atoms with Crippen molar-refractivity contribution in [2.75, 3.05) is 5.75 Å². The lowest BCUT2D eigenvalue weighted by molar-refractivity contribution is -0.146. The smallest absolute Gasteiger partial charge is 0.322 e. The topological polar surface area (TPSA) is 136 Å². The van der Waals surface area contributed by atoms with E-state index in [1.54, 1.807) is 0 Å². The van der Waals surface area contributed by atoms with E-state index < -0.39 is 36.4 Å². The second-order valence-corrected chi connectivity index (χ2v) is 3.22. The van der Waals surface area contributed by atoms with E-state index in [4.69, 9.17) is 15.3 Å². The number of carboxylic acid groups (broad SMARTS) is 3. The molecule has 0 rings (SSSR count). The highest BCUT2D eigenvalue weighted by Gasteiger charge is 2.23. The van der Waals surface area contributed by atoms with Crippen molar-refractivity contribution in [1.82, 2.24) is 10.9 Å². The summed E-state index contributed by atoms with van der Waals surface area (Å²) in [5.74, 6) is -3.98. The molecule has 0 aromatic carbocycles. The Morgan fingerprint density at radius 2 is 1.41 bits per heavy atom. The average molecular weight is 279 g/mol. The fourth-order valence-electron chi connectivity index (χ4n) is 0.761. The van der Waals surface area contributed by atoms with Crippen molar-refractivity contribution in [3.8, 4) is 0 Å². The zero-order valence-electron chi connectivity index (χ0n) is 8.08. The Bertz CT molecular complexity index is 290. The molecule has 0 fully saturated rings. The summed E-state index contributed by atoms with van der Waals surface area (Å²) in [6, 6.07) is -2.50. The van der Waals surface area contributed by atoms with Gasteiger partial charge in [-0.15, -0.1) is 0 Å². The highest BCUT2D eigenvalue weighted by atomic mass is 32.1. The molecule has 8 nitrogen and oxygen atoms in total. The summed E-state index contributed by atoms with van der Waals surface area (Å²) >= 11 is 3.73. The van der Waals surface area contributed by atoms with Crippen LogP contribution in [-0.2, 0) is 14.4 Å². The highest BCUT2D eigenvalue weighted by molar-refractivity contribution is 7.80. The predicted octanol–water partition coefficient (Wildman–Crippen LogP) is -2.52. The Labute approximate surface area is 118 Å². The molecule has 0 bridgehead atoms. The molecule has 10 heteroatoms. The van der Waals surface area contributed by atoms with Gasteiger partial charge in [-0.25, -0.2) is 10.9 Å². The molecule has 0 radical (unpaired) electrons. The van der Waals surface area contributed by atoms with Gasteiger partial charge in [-0.05, 0) is 0 Å². The maximum atomic E-state index is 10.6. The van der Waals surface area contributed by atoms with Gasteiger partial charge in [0.05, 0.1) is 6.42 Å². The van der Waals surface area contributed by atoms with Crippen LogP contribution in [0, 0.1) is 0 Å². The minimum absolute atomic E-state index is 0. The van der Waals surface area contributed by atoms with E-state index in [1.807, 2.05) is 0 Å². The number of rotatable bonds is 8. The van der Waals surface area contributed by atoms with Crippen LogP contribution in [0.4, 0.5) is 0 Å². The first kappa shape index (κ1) is 18.8. The van der Waals surface area contributed by atoms with E-state index >= 15 is 0 Å². The summed E-state index contributed by atoms with van der Waals surface area (Å²) in [6.07, 6.45) is -0.665. The largest absolute Gasteiger partial charge is 0.481 e. The van der Waals surface area contributed by atoms with Crippen molar-refractivity contribution in [2.45, 2.75) is 18.5 Å². The van der Waals surface area contributed by atoms with Crippen LogP contribution >= 0.6 is 12.6 Å². The minimum atomic E-state index is -1.40.